The van der Waals surface area contributed by atoms with Crippen molar-refractivity contribution in [2.24, 2.45) is 0 Å². The van der Waals surface area contributed by atoms with Gasteiger partial charge < -0.3 is 9.73 Å². The van der Waals surface area contributed by atoms with E-state index in [-0.39, 0.29) is 11.9 Å². The lowest BCUT2D eigenvalue weighted by molar-refractivity contribution is 0.0934. The molecule has 0 spiro atoms. The maximum Gasteiger partial charge on any atom is 0.272 e. The lowest BCUT2D eigenvalue weighted by atomic mass is 10.2. The van der Waals surface area contributed by atoms with E-state index in [1.165, 1.54) is 0 Å². The lowest BCUT2D eigenvalue weighted by Gasteiger charge is -2.11. The van der Waals surface area contributed by atoms with Gasteiger partial charge in [0.15, 0.2) is 5.69 Å². The predicted octanol–water partition coefficient (Wildman–Crippen LogP) is 2.83. The van der Waals surface area contributed by atoms with Crippen molar-refractivity contribution < 1.29 is 9.21 Å². The Morgan fingerprint density at radius 2 is 2.05 bits per heavy atom. The number of hydrogen-bond acceptors (Lipinski definition) is 3. The maximum atomic E-state index is 12.2. The van der Waals surface area contributed by atoms with E-state index < -0.39 is 0 Å². The Hall–Kier alpha value is -2.82. The molecule has 0 aliphatic heterocycles. The van der Waals surface area contributed by atoms with E-state index in [4.69, 9.17) is 4.42 Å². The van der Waals surface area contributed by atoms with Crippen LogP contribution in [-0.4, -0.2) is 21.7 Å². The van der Waals surface area contributed by atoms with Crippen LogP contribution in [0.15, 0.2) is 65.4 Å². The van der Waals surface area contributed by atoms with Crippen LogP contribution in [0.3, 0.4) is 0 Å². The number of amides is 1. The summed E-state index contributed by atoms with van der Waals surface area (Å²) in [7, 11) is 0. The van der Waals surface area contributed by atoms with E-state index in [2.05, 4.69) is 10.4 Å². The zero-order valence-electron chi connectivity index (χ0n) is 12.3. The van der Waals surface area contributed by atoms with Crippen molar-refractivity contribution in [3.63, 3.8) is 0 Å². The summed E-state index contributed by atoms with van der Waals surface area (Å²) in [6.45, 7) is 1.94. The Kier molecular flexibility index (Phi) is 4.05. The van der Waals surface area contributed by atoms with Gasteiger partial charge in [-0.25, -0.2) is 4.68 Å². The molecule has 1 atom stereocenters. The number of nitrogens with zero attached hydrogens (tertiary/aromatic N) is 2. The van der Waals surface area contributed by atoms with Crippen molar-refractivity contribution in [2.75, 3.05) is 0 Å². The third kappa shape index (κ3) is 3.25. The van der Waals surface area contributed by atoms with E-state index in [1.807, 2.05) is 49.4 Å². The molecule has 1 amide bonds. The van der Waals surface area contributed by atoms with Gasteiger partial charge in [0.2, 0.25) is 0 Å². The third-order valence-corrected chi connectivity index (χ3v) is 3.31. The molecule has 0 radical (unpaired) electrons. The zero-order valence-corrected chi connectivity index (χ0v) is 12.3. The number of hydrogen-bond donors (Lipinski definition) is 1. The average molecular weight is 295 g/mol. The van der Waals surface area contributed by atoms with Crippen LogP contribution in [-0.2, 0) is 6.42 Å². The monoisotopic (exact) mass is 295 g/mol. The van der Waals surface area contributed by atoms with Gasteiger partial charge in [-0.2, -0.15) is 5.10 Å². The highest BCUT2D eigenvalue weighted by Crippen LogP contribution is 2.08. The van der Waals surface area contributed by atoms with Crippen molar-refractivity contribution in [3.05, 3.63) is 72.4 Å². The van der Waals surface area contributed by atoms with Gasteiger partial charge in [0, 0.05) is 18.7 Å². The number of para-hydroxylation sites is 1. The summed E-state index contributed by atoms with van der Waals surface area (Å²) in [5, 5.41) is 7.24. The molecular formula is C17H17N3O2. The van der Waals surface area contributed by atoms with Crippen molar-refractivity contribution in [1.82, 2.24) is 15.1 Å². The van der Waals surface area contributed by atoms with Gasteiger partial charge in [-0.15, -0.1) is 0 Å². The number of carbonyl (C=O) groups excluding carboxylic acids is 1. The third-order valence-electron chi connectivity index (χ3n) is 3.31. The number of benzene rings is 1. The summed E-state index contributed by atoms with van der Waals surface area (Å²) < 4.78 is 6.97. The summed E-state index contributed by atoms with van der Waals surface area (Å²) >= 11 is 0. The van der Waals surface area contributed by atoms with Crippen molar-refractivity contribution >= 4 is 5.91 Å². The molecule has 3 aromatic rings. The smallest absolute Gasteiger partial charge is 0.272 e. The second kappa shape index (κ2) is 6.30. The fourth-order valence-electron chi connectivity index (χ4n) is 2.25. The molecule has 22 heavy (non-hydrogen) atoms. The first-order valence-corrected chi connectivity index (χ1v) is 7.17. The van der Waals surface area contributed by atoms with E-state index in [1.54, 1.807) is 23.2 Å². The molecule has 2 heterocycles. The topological polar surface area (TPSA) is 60.1 Å². The minimum Gasteiger partial charge on any atom is -0.469 e. The molecule has 1 N–H and O–H groups in total. The first-order chi connectivity index (χ1) is 10.7. The second-order valence-corrected chi connectivity index (χ2v) is 5.14. The van der Waals surface area contributed by atoms with Crippen molar-refractivity contribution in [1.29, 1.82) is 0 Å². The summed E-state index contributed by atoms with van der Waals surface area (Å²) in [5.41, 5.74) is 1.32. The fraction of sp³-hybridized carbons (Fsp3) is 0.176. The number of carbonyl (C=O) groups is 1. The van der Waals surface area contributed by atoms with Crippen LogP contribution >= 0.6 is 0 Å². The van der Waals surface area contributed by atoms with Crippen LogP contribution in [0.2, 0.25) is 0 Å². The van der Waals surface area contributed by atoms with Crippen LogP contribution in [0, 0.1) is 0 Å². The quantitative estimate of drug-likeness (QED) is 0.787. The van der Waals surface area contributed by atoms with Crippen LogP contribution in [0.1, 0.15) is 23.2 Å². The summed E-state index contributed by atoms with van der Waals surface area (Å²) in [4.78, 5) is 12.2. The Labute approximate surface area is 128 Å². The predicted molar refractivity (Wildman–Crippen MR) is 82.9 cm³/mol. The minimum atomic E-state index is -0.186. The minimum absolute atomic E-state index is 0.0273. The second-order valence-electron chi connectivity index (χ2n) is 5.14. The van der Waals surface area contributed by atoms with Crippen LogP contribution in [0.25, 0.3) is 5.69 Å². The van der Waals surface area contributed by atoms with Gasteiger partial charge in [-0.3, -0.25) is 4.79 Å². The van der Waals surface area contributed by atoms with Gasteiger partial charge >= 0.3 is 0 Å². The molecule has 2 aromatic heterocycles. The average Bonchev–Trinajstić information content (AvgIpc) is 3.19. The molecule has 3 rings (SSSR count). The molecule has 0 aliphatic carbocycles. The van der Waals surface area contributed by atoms with Gasteiger partial charge in [0.25, 0.3) is 5.91 Å². The molecule has 0 fully saturated rings. The van der Waals surface area contributed by atoms with Crippen molar-refractivity contribution in [2.45, 2.75) is 19.4 Å². The van der Waals surface area contributed by atoms with Crippen molar-refractivity contribution in [3.8, 4) is 5.69 Å². The molecule has 112 valence electrons. The highest BCUT2D eigenvalue weighted by molar-refractivity contribution is 5.92. The molecule has 0 unspecified atom stereocenters. The van der Waals surface area contributed by atoms with Gasteiger partial charge in [0.05, 0.1) is 12.0 Å². The Morgan fingerprint density at radius 3 is 2.77 bits per heavy atom. The van der Waals surface area contributed by atoms with Crippen LogP contribution in [0.4, 0.5) is 0 Å². The lowest BCUT2D eigenvalue weighted by Crippen LogP contribution is -2.34. The Bertz CT molecular complexity index is 732. The van der Waals surface area contributed by atoms with E-state index in [9.17, 15) is 4.79 Å². The summed E-state index contributed by atoms with van der Waals surface area (Å²) in [5.74, 6) is 0.663. The fourth-order valence-corrected chi connectivity index (χ4v) is 2.25. The summed E-state index contributed by atoms with van der Waals surface area (Å²) in [6.07, 6.45) is 4.06. The maximum absolute atomic E-state index is 12.2. The van der Waals surface area contributed by atoms with E-state index in [0.717, 1.165) is 11.4 Å². The molecule has 5 heteroatoms. The zero-order chi connectivity index (χ0) is 15.4. The van der Waals surface area contributed by atoms with Gasteiger partial charge in [-0.1, -0.05) is 18.2 Å². The SMILES string of the molecule is C[C@H](Cc1ccco1)NC(=O)c1ccn(-c2ccccc2)n1. The molecule has 0 saturated heterocycles. The number of furan rings is 1. The molecule has 5 nitrogen and oxygen atoms in total. The first kappa shape index (κ1) is 14.1. The first-order valence-electron chi connectivity index (χ1n) is 7.17. The largest absolute Gasteiger partial charge is 0.469 e. The Morgan fingerprint density at radius 1 is 1.23 bits per heavy atom. The van der Waals surface area contributed by atoms with Gasteiger partial charge in [-0.05, 0) is 37.3 Å². The highest BCUT2D eigenvalue weighted by Gasteiger charge is 2.14. The summed E-state index contributed by atoms with van der Waals surface area (Å²) in [6, 6.07) is 15.1. The number of nitrogens with one attached hydrogen (secondary N) is 1. The Balaban J connectivity index is 1.64. The molecule has 1 aromatic carbocycles. The molecule has 0 saturated carbocycles. The van der Waals surface area contributed by atoms with Crippen LogP contribution in [0.5, 0.6) is 0 Å². The molecule has 0 aliphatic rings. The number of aromatic nitrogens is 2. The highest BCUT2D eigenvalue weighted by atomic mass is 16.3. The van der Waals surface area contributed by atoms with E-state index in [0.29, 0.717) is 12.1 Å². The molecular weight excluding hydrogens is 278 g/mol. The molecule has 0 bridgehead atoms. The van der Waals surface area contributed by atoms with Gasteiger partial charge in [0.1, 0.15) is 5.76 Å². The standard InChI is InChI=1S/C17H17N3O2/c1-13(12-15-8-5-11-22-15)18-17(21)16-9-10-20(19-16)14-6-3-2-4-7-14/h2-11,13H,12H2,1H3,(H,18,21)/t13-/m1/s1. The number of rotatable bonds is 5. The van der Waals surface area contributed by atoms with E-state index >= 15 is 0 Å². The van der Waals surface area contributed by atoms with Crippen LogP contribution < -0.4 is 5.32 Å². The normalized spacial score (nSPS) is 12.0.